The first kappa shape index (κ1) is 24.5. The lowest BCUT2D eigenvalue weighted by molar-refractivity contribution is 0.0185. The summed E-state index contributed by atoms with van der Waals surface area (Å²) >= 11 is 0. The standard InChI is InChI=1S/C27H31N7O3/c1-27(2,3)37-26(35)33-11-9-20(10-12-33)34-17-19(15-30-34)31-25-29-14-18-13-28-16-22(24(18)32-25)21-7-5-6-8-23(21)36-4/h5-8,13-17,20H,9-12H2,1-4H3,(H,29,31,32). The van der Waals surface area contributed by atoms with Crippen LogP contribution in [0.3, 0.4) is 0 Å². The molecule has 1 aromatic carbocycles. The van der Waals surface area contributed by atoms with Crippen LogP contribution in [-0.2, 0) is 4.74 Å². The van der Waals surface area contributed by atoms with Gasteiger partial charge in [0, 0.05) is 54.4 Å². The SMILES string of the molecule is COc1ccccc1-c1cncc2cnc(Nc3cnn(C4CCN(C(=O)OC(C)(C)C)CC4)c3)nc12. The Bertz CT molecular complexity index is 1400. The molecule has 4 heterocycles. The zero-order chi connectivity index (χ0) is 26.0. The molecule has 37 heavy (non-hydrogen) atoms. The zero-order valence-electron chi connectivity index (χ0n) is 21.5. The summed E-state index contributed by atoms with van der Waals surface area (Å²) in [6, 6.07) is 8.00. The number of amides is 1. The summed E-state index contributed by atoms with van der Waals surface area (Å²) in [5.41, 5.74) is 2.86. The molecular weight excluding hydrogens is 470 g/mol. The van der Waals surface area contributed by atoms with Crippen LogP contribution in [0.5, 0.6) is 5.75 Å². The van der Waals surface area contributed by atoms with Crippen LogP contribution >= 0.6 is 0 Å². The van der Waals surface area contributed by atoms with Crippen LogP contribution in [-0.4, -0.2) is 61.5 Å². The first-order chi connectivity index (χ1) is 17.8. The Kier molecular flexibility index (Phi) is 6.64. The molecule has 0 bridgehead atoms. The first-order valence-electron chi connectivity index (χ1n) is 12.3. The van der Waals surface area contributed by atoms with E-state index >= 15 is 0 Å². The van der Waals surface area contributed by atoms with Gasteiger partial charge < -0.3 is 19.7 Å². The number of hydrogen-bond donors (Lipinski definition) is 1. The second kappa shape index (κ2) is 10.0. The van der Waals surface area contributed by atoms with Crippen molar-refractivity contribution in [3.63, 3.8) is 0 Å². The highest BCUT2D eigenvalue weighted by Gasteiger charge is 2.28. The highest BCUT2D eigenvalue weighted by Crippen LogP contribution is 2.33. The van der Waals surface area contributed by atoms with E-state index in [9.17, 15) is 4.79 Å². The second-order valence-corrected chi connectivity index (χ2v) is 10.1. The quantitative estimate of drug-likeness (QED) is 0.397. The number of ether oxygens (including phenoxy) is 2. The third-order valence-corrected chi connectivity index (χ3v) is 6.23. The van der Waals surface area contributed by atoms with Crippen molar-refractivity contribution in [2.75, 3.05) is 25.5 Å². The van der Waals surface area contributed by atoms with Crippen LogP contribution < -0.4 is 10.1 Å². The molecule has 1 amide bonds. The number of nitrogens with one attached hydrogen (secondary N) is 1. The molecule has 0 saturated carbocycles. The summed E-state index contributed by atoms with van der Waals surface area (Å²) in [6.45, 7) is 6.91. The number of hydrogen-bond acceptors (Lipinski definition) is 8. The molecule has 192 valence electrons. The Hall–Kier alpha value is -4.21. The Morgan fingerprint density at radius 2 is 1.84 bits per heavy atom. The van der Waals surface area contributed by atoms with Crippen LogP contribution in [0.1, 0.15) is 39.7 Å². The Balaban J connectivity index is 1.30. The maximum Gasteiger partial charge on any atom is 0.410 e. The fourth-order valence-corrected chi connectivity index (χ4v) is 4.45. The van der Waals surface area contributed by atoms with E-state index in [1.807, 2.05) is 55.9 Å². The molecule has 0 radical (unpaired) electrons. The zero-order valence-corrected chi connectivity index (χ0v) is 21.5. The average Bonchev–Trinajstić information content (AvgIpc) is 3.36. The fraction of sp³-hybridized carbons (Fsp3) is 0.370. The van der Waals surface area contributed by atoms with Gasteiger partial charge in [-0.05, 0) is 39.7 Å². The third-order valence-electron chi connectivity index (χ3n) is 6.23. The normalized spacial score (nSPS) is 14.5. The van der Waals surface area contributed by atoms with Crippen LogP contribution in [0, 0.1) is 0 Å². The summed E-state index contributed by atoms with van der Waals surface area (Å²) in [4.78, 5) is 27.7. The highest BCUT2D eigenvalue weighted by atomic mass is 16.6. The maximum absolute atomic E-state index is 12.4. The number of piperidine rings is 1. The molecule has 0 aliphatic carbocycles. The van der Waals surface area contributed by atoms with Gasteiger partial charge >= 0.3 is 6.09 Å². The number of carbonyl (C=O) groups excluding carboxylic acids is 1. The van der Waals surface area contributed by atoms with Gasteiger partial charge in [0.25, 0.3) is 0 Å². The van der Waals surface area contributed by atoms with Crippen LogP contribution in [0.4, 0.5) is 16.4 Å². The summed E-state index contributed by atoms with van der Waals surface area (Å²) in [6.07, 6.45) is 10.4. The highest BCUT2D eigenvalue weighted by molar-refractivity contribution is 5.94. The van der Waals surface area contributed by atoms with Crippen LogP contribution in [0.25, 0.3) is 22.0 Å². The number of nitrogens with zero attached hydrogens (tertiary/aromatic N) is 6. The van der Waals surface area contributed by atoms with E-state index in [4.69, 9.17) is 14.5 Å². The predicted molar refractivity (Wildman–Crippen MR) is 141 cm³/mol. The maximum atomic E-state index is 12.4. The number of carbonyl (C=O) groups is 1. The Morgan fingerprint density at radius 3 is 2.59 bits per heavy atom. The molecule has 0 atom stereocenters. The molecule has 1 aliphatic heterocycles. The number of pyridine rings is 1. The van der Waals surface area contributed by atoms with Crippen molar-refractivity contribution >= 4 is 28.6 Å². The molecule has 1 fully saturated rings. The first-order valence-corrected chi connectivity index (χ1v) is 12.3. The minimum atomic E-state index is -0.494. The van der Waals surface area contributed by atoms with Gasteiger partial charge in [-0.25, -0.2) is 14.8 Å². The lowest BCUT2D eigenvalue weighted by Gasteiger charge is -2.33. The van der Waals surface area contributed by atoms with Gasteiger partial charge in [-0.2, -0.15) is 5.10 Å². The predicted octanol–water partition coefficient (Wildman–Crippen LogP) is 5.21. The number of aromatic nitrogens is 5. The minimum Gasteiger partial charge on any atom is -0.496 e. The topological polar surface area (TPSA) is 107 Å². The van der Waals surface area contributed by atoms with E-state index < -0.39 is 5.60 Å². The van der Waals surface area contributed by atoms with Crippen LogP contribution in [0.2, 0.25) is 0 Å². The molecule has 0 spiro atoms. The molecular formula is C27H31N7O3. The molecule has 5 rings (SSSR count). The van der Waals surface area contributed by atoms with Gasteiger partial charge in [-0.3, -0.25) is 9.67 Å². The van der Waals surface area contributed by atoms with E-state index in [1.54, 1.807) is 36.8 Å². The number of fused-ring (bicyclic) bond motifs is 1. The summed E-state index contributed by atoms with van der Waals surface area (Å²) < 4.78 is 13.0. The average molecular weight is 502 g/mol. The van der Waals surface area contributed by atoms with E-state index in [0.717, 1.165) is 46.3 Å². The molecule has 4 aromatic rings. The van der Waals surface area contributed by atoms with E-state index in [-0.39, 0.29) is 12.1 Å². The number of rotatable bonds is 5. The molecule has 1 saturated heterocycles. The van der Waals surface area contributed by atoms with Crippen molar-refractivity contribution in [1.82, 2.24) is 29.6 Å². The third kappa shape index (κ3) is 5.47. The fourth-order valence-electron chi connectivity index (χ4n) is 4.45. The van der Waals surface area contributed by atoms with Gasteiger partial charge in [0.2, 0.25) is 5.95 Å². The van der Waals surface area contributed by atoms with E-state index in [2.05, 4.69) is 20.4 Å². The molecule has 3 aromatic heterocycles. The number of anilines is 2. The number of para-hydroxylation sites is 1. The summed E-state index contributed by atoms with van der Waals surface area (Å²) in [5.74, 6) is 1.22. The number of methoxy groups -OCH3 is 1. The van der Waals surface area contributed by atoms with Gasteiger partial charge in [-0.15, -0.1) is 0 Å². The molecule has 1 N–H and O–H groups in total. The van der Waals surface area contributed by atoms with Crippen LogP contribution in [0.15, 0.2) is 55.2 Å². The lowest BCUT2D eigenvalue weighted by atomic mass is 10.0. The van der Waals surface area contributed by atoms with Gasteiger partial charge in [0.1, 0.15) is 11.4 Å². The van der Waals surface area contributed by atoms with E-state index in [0.29, 0.717) is 19.0 Å². The summed E-state index contributed by atoms with van der Waals surface area (Å²) in [7, 11) is 1.65. The molecule has 10 nitrogen and oxygen atoms in total. The minimum absolute atomic E-state index is 0.204. The smallest absolute Gasteiger partial charge is 0.410 e. The van der Waals surface area contributed by atoms with E-state index in [1.165, 1.54) is 0 Å². The number of likely N-dealkylation sites (tertiary alicyclic amines) is 1. The van der Waals surface area contributed by atoms with Crippen molar-refractivity contribution < 1.29 is 14.3 Å². The lowest BCUT2D eigenvalue weighted by Crippen LogP contribution is -2.42. The second-order valence-electron chi connectivity index (χ2n) is 10.1. The van der Waals surface area contributed by atoms with Gasteiger partial charge in [0.15, 0.2) is 0 Å². The Morgan fingerprint density at radius 1 is 1.05 bits per heavy atom. The van der Waals surface area contributed by atoms with Gasteiger partial charge in [-0.1, -0.05) is 18.2 Å². The molecule has 10 heteroatoms. The van der Waals surface area contributed by atoms with Crippen molar-refractivity contribution in [2.24, 2.45) is 0 Å². The summed E-state index contributed by atoms with van der Waals surface area (Å²) in [5, 5.41) is 8.66. The van der Waals surface area contributed by atoms with Gasteiger partial charge in [0.05, 0.1) is 30.6 Å². The number of benzene rings is 1. The molecule has 0 unspecified atom stereocenters. The van der Waals surface area contributed by atoms with Crippen molar-refractivity contribution in [3.8, 4) is 16.9 Å². The Labute approximate surface area is 215 Å². The van der Waals surface area contributed by atoms with Crippen molar-refractivity contribution in [2.45, 2.75) is 45.3 Å². The molecule has 1 aliphatic rings. The largest absolute Gasteiger partial charge is 0.496 e. The van der Waals surface area contributed by atoms with Crippen molar-refractivity contribution in [3.05, 3.63) is 55.2 Å². The monoisotopic (exact) mass is 501 g/mol. The van der Waals surface area contributed by atoms with Crippen molar-refractivity contribution in [1.29, 1.82) is 0 Å².